The molecule has 0 spiro atoms. The largest absolute Gasteiger partial charge is 0.509 e. The number of para-hydroxylation sites is 1. The van der Waals surface area contributed by atoms with Gasteiger partial charge in [0.2, 0.25) is 0 Å². The Kier molecular flexibility index (Phi) is 11.3. The second kappa shape index (κ2) is 16.2. The van der Waals surface area contributed by atoms with Crippen molar-refractivity contribution in [1.29, 1.82) is 0 Å². The van der Waals surface area contributed by atoms with Crippen LogP contribution >= 0.6 is 0 Å². The maximum Gasteiger partial charge on any atom is 0.135 e. The number of nitrogens with zero attached hydrogens (tertiary/aromatic N) is 4. The third-order valence-electron chi connectivity index (χ3n) is 12.5. The fourth-order valence-electron chi connectivity index (χ4n) is 8.54. The van der Waals surface area contributed by atoms with Crippen LogP contribution in [0.4, 0.5) is 22.7 Å². The number of aromatic nitrogens is 2. The third kappa shape index (κ3) is 8.33. The van der Waals surface area contributed by atoms with Crippen molar-refractivity contribution in [1.82, 2.24) is 9.55 Å². The maximum absolute atomic E-state index is 6.95. The molecule has 0 amide bonds. The van der Waals surface area contributed by atoms with Crippen LogP contribution in [0.2, 0.25) is 0 Å². The zero-order chi connectivity index (χ0) is 43.8. The van der Waals surface area contributed by atoms with Gasteiger partial charge in [0.1, 0.15) is 5.82 Å². The molecule has 3 heterocycles. The zero-order valence-electron chi connectivity index (χ0n) is 38.4. The van der Waals surface area contributed by atoms with Gasteiger partial charge in [0.15, 0.2) is 0 Å². The Bertz CT molecular complexity index is 2960. The number of hydrogen-bond donors (Lipinski definition) is 0. The summed E-state index contributed by atoms with van der Waals surface area (Å²) in [6.45, 7) is 27.1. The second-order valence-electron chi connectivity index (χ2n) is 20.4. The predicted octanol–water partition coefficient (Wildman–Crippen LogP) is 15.2. The molecule has 0 aliphatic carbocycles. The van der Waals surface area contributed by atoms with E-state index in [1.54, 1.807) is 0 Å². The molecule has 8 aromatic rings. The number of pyridine rings is 1. The Hall–Kier alpha value is -5.64. The van der Waals surface area contributed by atoms with Crippen LogP contribution in [0.15, 0.2) is 140 Å². The molecule has 0 fully saturated rings. The number of anilines is 4. The molecule has 0 radical (unpaired) electrons. The Morgan fingerprint density at radius 1 is 0.508 bits per heavy atom. The van der Waals surface area contributed by atoms with E-state index >= 15 is 0 Å². The Morgan fingerprint density at radius 2 is 1.17 bits per heavy atom. The molecule has 1 aliphatic heterocycles. The molecule has 5 nitrogen and oxygen atoms in total. The van der Waals surface area contributed by atoms with E-state index in [1.165, 1.54) is 22.3 Å². The molecule has 0 saturated heterocycles. The van der Waals surface area contributed by atoms with E-state index in [0.29, 0.717) is 11.5 Å². The van der Waals surface area contributed by atoms with Crippen LogP contribution in [-0.2, 0) is 42.7 Å². The average Bonchev–Trinajstić information content (AvgIpc) is 3.79. The molecular formula is C57H57N4OPt-3. The normalized spacial score (nSPS) is 13.4. The van der Waals surface area contributed by atoms with Crippen molar-refractivity contribution in [2.75, 3.05) is 9.80 Å². The smallest absolute Gasteiger partial charge is 0.135 e. The molecule has 6 aromatic carbocycles. The van der Waals surface area contributed by atoms with Gasteiger partial charge in [-0.1, -0.05) is 148 Å². The van der Waals surface area contributed by atoms with Gasteiger partial charge >= 0.3 is 0 Å². The summed E-state index contributed by atoms with van der Waals surface area (Å²) in [4.78, 5) is 9.49. The molecule has 0 N–H and O–H groups in total. The molecule has 0 atom stereocenters. The van der Waals surface area contributed by atoms with Gasteiger partial charge < -0.3 is 19.1 Å². The standard InChI is InChI=1S/C57H57N4O.Pt/c1-54(2,3)39-20-17-21-43(30-39)59-37-60(52-33-40(55(4,5)6)24-27-50(52)59)44-31-42(57(10,11)38-18-13-12-14-19-38)32-46(35-44)62-45-25-26-48-47-22-15-16-23-49(47)61(51(48)36-45)53-34-41(28-29-58-53)56(7,8)9;/h12-34,37H,1-11H3;/q-3;. The van der Waals surface area contributed by atoms with Crippen molar-refractivity contribution >= 4 is 44.6 Å². The van der Waals surface area contributed by atoms with Gasteiger partial charge in [0, 0.05) is 61.3 Å². The van der Waals surface area contributed by atoms with E-state index in [4.69, 9.17) is 9.72 Å². The number of ether oxygens (including phenoxy) is 1. The van der Waals surface area contributed by atoms with Gasteiger partial charge in [-0.15, -0.1) is 53.6 Å². The van der Waals surface area contributed by atoms with Crippen molar-refractivity contribution in [3.8, 4) is 17.3 Å². The van der Waals surface area contributed by atoms with Crippen LogP contribution in [0.3, 0.4) is 0 Å². The first kappa shape index (κ1) is 44.0. The molecule has 0 unspecified atom stereocenters. The SMILES string of the molecule is CC(C)(C)c1cccc(N2[CH-]N(c3[c-]c(Oc4[c-]c5c(cc4)c4ccccc4n5-c4cc(C(C)(C)C)ccn4)cc(C(C)(C)c4ccccc4)c3)c3cc(C(C)(C)C)ccc32)c1.[Pt]. The van der Waals surface area contributed by atoms with Crippen LogP contribution in [0.1, 0.15) is 104 Å². The molecule has 63 heavy (non-hydrogen) atoms. The molecule has 2 aromatic heterocycles. The predicted molar refractivity (Wildman–Crippen MR) is 259 cm³/mol. The maximum atomic E-state index is 6.95. The van der Waals surface area contributed by atoms with E-state index in [-0.39, 0.29) is 42.7 Å². The summed E-state index contributed by atoms with van der Waals surface area (Å²) in [5, 5.41) is 2.23. The summed E-state index contributed by atoms with van der Waals surface area (Å²) < 4.78 is 9.17. The number of rotatable bonds is 7. The minimum atomic E-state index is -0.358. The summed E-state index contributed by atoms with van der Waals surface area (Å²) in [7, 11) is 0. The molecule has 1 aliphatic rings. The van der Waals surface area contributed by atoms with Crippen LogP contribution in [0.25, 0.3) is 27.6 Å². The summed E-state index contributed by atoms with van der Waals surface area (Å²) in [6, 6.07) is 55.3. The number of hydrogen-bond acceptors (Lipinski definition) is 4. The van der Waals surface area contributed by atoms with Gasteiger partial charge in [-0.3, -0.25) is 0 Å². The Balaban J connectivity index is 0.00000544. The van der Waals surface area contributed by atoms with Crippen molar-refractivity contribution in [3.63, 3.8) is 0 Å². The Morgan fingerprint density at radius 3 is 1.90 bits per heavy atom. The van der Waals surface area contributed by atoms with Crippen molar-refractivity contribution < 1.29 is 25.8 Å². The van der Waals surface area contributed by atoms with E-state index < -0.39 is 0 Å². The van der Waals surface area contributed by atoms with E-state index in [0.717, 1.165) is 55.9 Å². The first-order valence-corrected chi connectivity index (χ1v) is 21.8. The summed E-state index contributed by atoms with van der Waals surface area (Å²) >= 11 is 0. The number of benzene rings is 6. The topological polar surface area (TPSA) is 33.5 Å². The summed E-state index contributed by atoms with van der Waals surface area (Å²) in [5.41, 5.74) is 11.9. The first-order valence-electron chi connectivity index (χ1n) is 21.8. The van der Waals surface area contributed by atoms with Crippen molar-refractivity contribution in [2.24, 2.45) is 0 Å². The van der Waals surface area contributed by atoms with E-state index in [1.807, 2.05) is 12.3 Å². The van der Waals surface area contributed by atoms with Gasteiger partial charge in [0.05, 0.1) is 0 Å². The molecule has 324 valence electrons. The van der Waals surface area contributed by atoms with Gasteiger partial charge in [-0.2, -0.15) is 6.07 Å². The summed E-state index contributed by atoms with van der Waals surface area (Å²) in [5.74, 6) is 2.07. The molecule has 9 rings (SSSR count). The minimum absolute atomic E-state index is 0. The molecule has 0 saturated carbocycles. The fraction of sp³-hybridized carbons (Fsp3) is 0.263. The fourth-order valence-corrected chi connectivity index (χ4v) is 8.54. The molecule has 0 bridgehead atoms. The average molecular weight is 1010 g/mol. The monoisotopic (exact) mass is 1010 g/mol. The van der Waals surface area contributed by atoms with Crippen molar-refractivity contribution in [3.05, 3.63) is 186 Å². The Labute approximate surface area is 389 Å². The van der Waals surface area contributed by atoms with Gasteiger partial charge in [-0.25, -0.2) is 4.98 Å². The zero-order valence-corrected chi connectivity index (χ0v) is 40.6. The van der Waals surface area contributed by atoms with Crippen LogP contribution in [0.5, 0.6) is 11.5 Å². The first-order chi connectivity index (χ1) is 29.4. The quantitative estimate of drug-likeness (QED) is 0.149. The van der Waals surface area contributed by atoms with Crippen LogP contribution < -0.4 is 14.5 Å². The van der Waals surface area contributed by atoms with Gasteiger partial charge in [-0.05, 0) is 91.8 Å². The molecule has 6 heteroatoms. The number of fused-ring (bicyclic) bond motifs is 4. The summed E-state index contributed by atoms with van der Waals surface area (Å²) in [6.07, 6.45) is 1.91. The minimum Gasteiger partial charge on any atom is -0.509 e. The van der Waals surface area contributed by atoms with Crippen LogP contribution in [0, 0.1) is 18.8 Å². The van der Waals surface area contributed by atoms with E-state index in [2.05, 4.69) is 237 Å². The van der Waals surface area contributed by atoms with Gasteiger partial charge in [0.25, 0.3) is 0 Å². The van der Waals surface area contributed by atoms with Crippen LogP contribution in [-0.4, -0.2) is 9.55 Å². The van der Waals surface area contributed by atoms with E-state index in [9.17, 15) is 0 Å². The third-order valence-corrected chi connectivity index (χ3v) is 12.5. The second-order valence-corrected chi connectivity index (χ2v) is 20.4. The van der Waals surface area contributed by atoms with Crippen molar-refractivity contribution in [2.45, 2.75) is 97.8 Å². The molecular weight excluding hydrogens is 952 g/mol.